The summed E-state index contributed by atoms with van der Waals surface area (Å²) in [7, 11) is 1.62. The molecule has 0 aliphatic heterocycles. The summed E-state index contributed by atoms with van der Waals surface area (Å²) in [6.07, 6.45) is 1.43. The van der Waals surface area contributed by atoms with Gasteiger partial charge in [0.05, 0.1) is 19.0 Å². The SMILES string of the molecule is COc1ccc(-c2cc3ncn(CC(=O)NCC(C)C)c(=O)c3s2)cc1. The number of carbonyl (C=O) groups is 1. The molecule has 1 aromatic carbocycles. The molecule has 26 heavy (non-hydrogen) atoms. The Hall–Kier alpha value is -2.67. The zero-order chi connectivity index (χ0) is 18.7. The number of carbonyl (C=O) groups excluding carboxylic acids is 1. The maximum atomic E-state index is 12.7. The van der Waals surface area contributed by atoms with Crippen LogP contribution in [0.15, 0.2) is 41.5 Å². The van der Waals surface area contributed by atoms with Crippen molar-refractivity contribution in [2.24, 2.45) is 5.92 Å². The van der Waals surface area contributed by atoms with Gasteiger partial charge in [-0.15, -0.1) is 11.3 Å². The van der Waals surface area contributed by atoms with Crippen molar-refractivity contribution in [3.63, 3.8) is 0 Å². The summed E-state index contributed by atoms with van der Waals surface area (Å²) in [5, 5.41) is 2.81. The van der Waals surface area contributed by atoms with Gasteiger partial charge in [-0.25, -0.2) is 4.98 Å². The van der Waals surface area contributed by atoms with Crippen molar-refractivity contribution in [2.75, 3.05) is 13.7 Å². The van der Waals surface area contributed by atoms with Crippen LogP contribution in [0.25, 0.3) is 20.7 Å². The predicted octanol–water partition coefficient (Wildman–Crippen LogP) is 2.91. The summed E-state index contributed by atoms with van der Waals surface area (Å²) in [6, 6.07) is 9.55. The molecular formula is C19H21N3O3S. The molecule has 0 spiro atoms. The van der Waals surface area contributed by atoms with E-state index in [1.54, 1.807) is 7.11 Å². The molecule has 3 aromatic rings. The molecule has 2 aromatic heterocycles. The summed E-state index contributed by atoms with van der Waals surface area (Å²) < 4.78 is 7.07. The fourth-order valence-electron chi connectivity index (χ4n) is 2.48. The second kappa shape index (κ2) is 7.70. The third kappa shape index (κ3) is 3.94. The van der Waals surface area contributed by atoms with Crippen LogP contribution in [0.4, 0.5) is 0 Å². The number of methoxy groups -OCH3 is 1. The van der Waals surface area contributed by atoms with Gasteiger partial charge in [0.25, 0.3) is 5.56 Å². The fourth-order valence-corrected chi connectivity index (χ4v) is 3.55. The largest absolute Gasteiger partial charge is 0.497 e. The normalized spacial score (nSPS) is 11.1. The first-order chi connectivity index (χ1) is 12.5. The Morgan fingerprint density at radius 2 is 2.04 bits per heavy atom. The first-order valence-corrected chi connectivity index (χ1v) is 9.19. The Labute approximate surface area is 155 Å². The van der Waals surface area contributed by atoms with E-state index in [0.717, 1.165) is 16.2 Å². The number of thiophene rings is 1. The number of hydrogen-bond donors (Lipinski definition) is 1. The van der Waals surface area contributed by atoms with Crippen molar-refractivity contribution in [2.45, 2.75) is 20.4 Å². The van der Waals surface area contributed by atoms with Gasteiger partial charge in [-0.3, -0.25) is 14.2 Å². The number of aromatic nitrogens is 2. The van der Waals surface area contributed by atoms with Gasteiger partial charge in [-0.05, 0) is 41.8 Å². The summed E-state index contributed by atoms with van der Waals surface area (Å²) in [6.45, 7) is 4.60. The maximum absolute atomic E-state index is 12.7. The van der Waals surface area contributed by atoms with Gasteiger partial charge >= 0.3 is 0 Å². The van der Waals surface area contributed by atoms with Crippen LogP contribution < -0.4 is 15.6 Å². The molecule has 3 rings (SSSR count). The van der Waals surface area contributed by atoms with Gasteiger partial charge in [0.15, 0.2) is 0 Å². The number of amides is 1. The highest BCUT2D eigenvalue weighted by Gasteiger charge is 2.12. The second-order valence-electron chi connectivity index (χ2n) is 6.43. The van der Waals surface area contributed by atoms with Gasteiger partial charge in [-0.2, -0.15) is 0 Å². The highest BCUT2D eigenvalue weighted by Crippen LogP contribution is 2.31. The second-order valence-corrected chi connectivity index (χ2v) is 7.48. The molecule has 7 heteroatoms. The van der Waals surface area contributed by atoms with E-state index in [-0.39, 0.29) is 18.0 Å². The zero-order valence-electron chi connectivity index (χ0n) is 15.0. The van der Waals surface area contributed by atoms with Crippen molar-refractivity contribution in [1.82, 2.24) is 14.9 Å². The minimum atomic E-state index is -0.195. The Bertz CT molecular complexity index is 974. The van der Waals surface area contributed by atoms with Crippen LogP contribution >= 0.6 is 11.3 Å². The monoisotopic (exact) mass is 371 g/mol. The topological polar surface area (TPSA) is 73.2 Å². The molecule has 2 heterocycles. The van der Waals surface area contributed by atoms with Crippen LogP contribution in [0.2, 0.25) is 0 Å². The lowest BCUT2D eigenvalue weighted by Crippen LogP contribution is -2.34. The summed E-state index contributed by atoms with van der Waals surface area (Å²) >= 11 is 1.38. The zero-order valence-corrected chi connectivity index (χ0v) is 15.8. The molecule has 0 saturated carbocycles. The number of fused-ring (bicyclic) bond motifs is 1. The van der Waals surface area contributed by atoms with Gasteiger partial charge in [0.2, 0.25) is 5.91 Å². The van der Waals surface area contributed by atoms with Gasteiger partial charge in [0, 0.05) is 11.4 Å². The number of nitrogens with zero attached hydrogens (tertiary/aromatic N) is 2. The van der Waals surface area contributed by atoms with Gasteiger partial charge in [0.1, 0.15) is 17.0 Å². The summed E-state index contributed by atoms with van der Waals surface area (Å²) in [5.41, 5.74) is 1.44. The number of ether oxygens (including phenoxy) is 1. The van der Waals surface area contributed by atoms with Crippen LogP contribution in [-0.2, 0) is 11.3 Å². The number of hydrogen-bond acceptors (Lipinski definition) is 5. The molecule has 0 aliphatic rings. The van der Waals surface area contributed by atoms with E-state index in [1.807, 2.05) is 44.2 Å². The standard InChI is InChI=1S/C19H21N3O3S/c1-12(2)9-20-17(23)10-22-11-21-15-8-16(26-18(15)19(22)24)13-4-6-14(25-3)7-5-13/h4-8,11-12H,9-10H2,1-3H3,(H,20,23). The first-order valence-electron chi connectivity index (χ1n) is 8.38. The van der Waals surface area contributed by atoms with Crippen molar-refractivity contribution in [1.29, 1.82) is 0 Å². The highest BCUT2D eigenvalue weighted by molar-refractivity contribution is 7.22. The molecule has 0 saturated heterocycles. The molecule has 0 atom stereocenters. The van der Waals surface area contributed by atoms with E-state index >= 15 is 0 Å². The molecule has 0 fully saturated rings. The lowest BCUT2D eigenvalue weighted by molar-refractivity contribution is -0.121. The molecule has 6 nitrogen and oxygen atoms in total. The minimum Gasteiger partial charge on any atom is -0.497 e. The maximum Gasteiger partial charge on any atom is 0.271 e. The molecule has 0 unspecified atom stereocenters. The lowest BCUT2D eigenvalue weighted by Gasteiger charge is -2.08. The molecule has 0 aliphatic carbocycles. The van der Waals surface area contributed by atoms with E-state index < -0.39 is 0 Å². The summed E-state index contributed by atoms with van der Waals surface area (Å²) in [4.78, 5) is 30.0. The molecule has 0 radical (unpaired) electrons. The Morgan fingerprint density at radius 3 is 2.69 bits per heavy atom. The quantitative estimate of drug-likeness (QED) is 0.723. The average Bonchev–Trinajstić information content (AvgIpc) is 3.07. The highest BCUT2D eigenvalue weighted by atomic mass is 32.1. The third-order valence-electron chi connectivity index (χ3n) is 3.90. The predicted molar refractivity (Wildman–Crippen MR) is 104 cm³/mol. The van der Waals surface area contributed by atoms with Gasteiger partial charge < -0.3 is 10.1 Å². The summed E-state index contributed by atoms with van der Waals surface area (Å²) in [5.74, 6) is 0.956. The minimum absolute atomic E-state index is 0.0235. The van der Waals surface area contributed by atoms with E-state index in [1.165, 1.54) is 22.2 Å². The Kier molecular flexibility index (Phi) is 5.37. The van der Waals surface area contributed by atoms with Crippen molar-refractivity contribution in [3.8, 4) is 16.2 Å². The number of rotatable bonds is 6. The van der Waals surface area contributed by atoms with Crippen LogP contribution in [0.5, 0.6) is 5.75 Å². The van der Waals surface area contributed by atoms with Crippen LogP contribution in [0.1, 0.15) is 13.8 Å². The molecule has 0 bridgehead atoms. The van der Waals surface area contributed by atoms with Crippen LogP contribution in [0, 0.1) is 5.92 Å². The van der Waals surface area contributed by atoms with Crippen LogP contribution in [0.3, 0.4) is 0 Å². The average molecular weight is 371 g/mol. The van der Waals surface area contributed by atoms with E-state index in [9.17, 15) is 9.59 Å². The lowest BCUT2D eigenvalue weighted by atomic mass is 10.2. The fraction of sp³-hybridized carbons (Fsp3) is 0.316. The molecule has 136 valence electrons. The van der Waals surface area contributed by atoms with Gasteiger partial charge in [-0.1, -0.05) is 13.8 Å². The van der Waals surface area contributed by atoms with E-state index in [0.29, 0.717) is 22.7 Å². The van der Waals surface area contributed by atoms with Crippen LogP contribution in [-0.4, -0.2) is 29.1 Å². The van der Waals surface area contributed by atoms with E-state index in [2.05, 4.69) is 10.3 Å². The van der Waals surface area contributed by atoms with Crippen molar-refractivity contribution >= 4 is 27.5 Å². The number of benzene rings is 1. The molecular weight excluding hydrogens is 350 g/mol. The number of nitrogens with one attached hydrogen (secondary N) is 1. The van der Waals surface area contributed by atoms with Crippen molar-refractivity contribution < 1.29 is 9.53 Å². The smallest absolute Gasteiger partial charge is 0.271 e. The Morgan fingerprint density at radius 1 is 1.31 bits per heavy atom. The molecule has 1 N–H and O–H groups in total. The van der Waals surface area contributed by atoms with Crippen molar-refractivity contribution in [3.05, 3.63) is 47.0 Å². The molecule has 1 amide bonds. The van der Waals surface area contributed by atoms with E-state index in [4.69, 9.17) is 4.74 Å². The Balaban J connectivity index is 1.87. The third-order valence-corrected chi connectivity index (χ3v) is 5.06. The first kappa shape index (κ1) is 18.1.